The van der Waals surface area contributed by atoms with Gasteiger partial charge in [0.05, 0.1) is 11.3 Å². The molecule has 0 fully saturated rings. The third kappa shape index (κ3) is 4.48. The number of halogens is 3. The summed E-state index contributed by atoms with van der Waals surface area (Å²) < 4.78 is 45.6. The van der Waals surface area contributed by atoms with E-state index in [2.05, 4.69) is 10.4 Å². The Hall–Kier alpha value is -2.68. The van der Waals surface area contributed by atoms with Gasteiger partial charge >= 0.3 is 6.18 Å². The zero-order valence-electron chi connectivity index (χ0n) is 14.3. The summed E-state index contributed by atoms with van der Waals surface area (Å²) in [4.78, 5) is 24.2. The van der Waals surface area contributed by atoms with Crippen molar-refractivity contribution in [2.75, 3.05) is 20.3 Å². The van der Waals surface area contributed by atoms with Gasteiger partial charge in [0.15, 0.2) is 5.69 Å². The van der Waals surface area contributed by atoms with E-state index in [0.717, 1.165) is 16.8 Å². The number of para-hydroxylation sites is 1. The number of carbonyl (C=O) groups excluding carboxylic acids is 1. The van der Waals surface area contributed by atoms with Crippen LogP contribution in [-0.4, -0.2) is 35.9 Å². The maximum atomic E-state index is 13.2. The lowest BCUT2D eigenvalue weighted by Gasteiger charge is -2.16. The summed E-state index contributed by atoms with van der Waals surface area (Å²) in [6.45, 7) is 2.12. The van der Waals surface area contributed by atoms with Gasteiger partial charge in [-0.2, -0.15) is 18.3 Å². The molecule has 2 rings (SSSR count). The summed E-state index contributed by atoms with van der Waals surface area (Å²) in [5.41, 5.74) is -2.11. The van der Waals surface area contributed by atoms with E-state index in [1.165, 1.54) is 32.2 Å². The van der Waals surface area contributed by atoms with E-state index in [1.54, 1.807) is 0 Å². The van der Waals surface area contributed by atoms with E-state index in [-0.39, 0.29) is 17.9 Å². The molecule has 6 nitrogen and oxygen atoms in total. The fourth-order valence-electron chi connectivity index (χ4n) is 2.35. The molecule has 0 radical (unpaired) electrons. The van der Waals surface area contributed by atoms with Gasteiger partial charge in [-0.3, -0.25) is 9.59 Å². The molecule has 0 atom stereocenters. The summed E-state index contributed by atoms with van der Waals surface area (Å²) in [6.07, 6.45) is -4.07. The molecule has 0 bridgehead atoms. The first kappa shape index (κ1) is 19.6. The van der Waals surface area contributed by atoms with Crippen molar-refractivity contribution in [3.63, 3.8) is 0 Å². The fourth-order valence-corrected chi connectivity index (χ4v) is 2.35. The van der Waals surface area contributed by atoms with E-state index in [1.807, 2.05) is 0 Å². The maximum Gasteiger partial charge on any atom is 0.418 e. The number of aromatic nitrogens is 2. The molecule has 0 saturated carbocycles. The minimum Gasteiger partial charge on any atom is -0.385 e. The van der Waals surface area contributed by atoms with Crippen molar-refractivity contribution in [1.29, 1.82) is 0 Å². The van der Waals surface area contributed by atoms with Gasteiger partial charge in [0.1, 0.15) is 0 Å². The number of ether oxygens (including phenoxy) is 1. The molecule has 140 valence electrons. The summed E-state index contributed by atoms with van der Waals surface area (Å²) in [5, 5.41) is 6.38. The number of aryl methyl sites for hydroxylation is 1. The molecule has 1 heterocycles. The van der Waals surface area contributed by atoms with Crippen LogP contribution in [-0.2, 0) is 10.9 Å². The van der Waals surface area contributed by atoms with E-state index < -0.39 is 28.8 Å². The molecule has 1 aromatic heterocycles. The number of carbonyl (C=O) groups is 1. The number of nitrogens with one attached hydrogen (secondary N) is 1. The highest BCUT2D eigenvalue weighted by molar-refractivity contribution is 5.92. The number of hydrogen-bond donors (Lipinski definition) is 1. The molecular formula is C17H18F3N3O3. The van der Waals surface area contributed by atoms with Gasteiger partial charge < -0.3 is 10.1 Å². The standard InChI is InChI=1S/C17H18F3N3O3/c1-11-10-14(24)15(16(25)21-8-5-9-26-2)22-23(11)13-7-4-3-6-12(13)17(18,19)20/h3-4,6-7,10H,5,8-9H2,1-2H3,(H,21,25). The average molecular weight is 369 g/mol. The summed E-state index contributed by atoms with van der Waals surface area (Å²) in [7, 11) is 1.51. The van der Waals surface area contributed by atoms with Crippen molar-refractivity contribution in [2.24, 2.45) is 0 Å². The van der Waals surface area contributed by atoms with Gasteiger partial charge in [-0.25, -0.2) is 4.68 Å². The van der Waals surface area contributed by atoms with Crippen molar-refractivity contribution < 1.29 is 22.7 Å². The lowest BCUT2D eigenvalue weighted by molar-refractivity contribution is -0.137. The first-order valence-electron chi connectivity index (χ1n) is 7.80. The molecular weight excluding hydrogens is 351 g/mol. The van der Waals surface area contributed by atoms with Gasteiger partial charge in [0, 0.05) is 32.0 Å². The molecule has 2 aromatic rings. The van der Waals surface area contributed by atoms with Crippen molar-refractivity contribution in [2.45, 2.75) is 19.5 Å². The lowest BCUT2D eigenvalue weighted by atomic mass is 10.1. The summed E-state index contributed by atoms with van der Waals surface area (Å²) in [5.74, 6) is -0.746. The molecule has 0 saturated heterocycles. The van der Waals surface area contributed by atoms with E-state index in [4.69, 9.17) is 4.74 Å². The molecule has 1 N–H and O–H groups in total. The molecule has 1 aromatic carbocycles. The second-order valence-electron chi connectivity index (χ2n) is 5.53. The largest absolute Gasteiger partial charge is 0.418 e. The first-order chi connectivity index (χ1) is 12.3. The number of hydrogen-bond acceptors (Lipinski definition) is 4. The zero-order chi connectivity index (χ0) is 19.3. The fraction of sp³-hybridized carbons (Fsp3) is 0.353. The van der Waals surface area contributed by atoms with Gasteiger partial charge in [0.2, 0.25) is 5.43 Å². The van der Waals surface area contributed by atoms with Crippen LogP contribution in [0.3, 0.4) is 0 Å². The van der Waals surface area contributed by atoms with Crippen LogP contribution in [0.15, 0.2) is 35.1 Å². The molecule has 26 heavy (non-hydrogen) atoms. The minimum absolute atomic E-state index is 0.183. The van der Waals surface area contributed by atoms with Crippen molar-refractivity contribution in [3.05, 3.63) is 57.5 Å². The number of amides is 1. The quantitative estimate of drug-likeness (QED) is 0.794. The van der Waals surface area contributed by atoms with Gasteiger partial charge in [-0.05, 0) is 25.5 Å². The second kappa shape index (κ2) is 8.13. The smallest absolute Gasteiger partial charge is 0.385 e. The lowest BCUT2D eigenvalue weighted by Crippen LogP contribution is -2.33. The van der Waals surface area contributed by atoms with Crippen LogP contribution in [0.4, 0.5) is 13.2 Å². The predicted molar refractivity (Wildman–Crippen MR) is 88.4 cm³/mol. The van der Waals surface area contributed by atoms with Crippen LogP contribution in [0, 0.1) is 6.92 Å². The van der Waals surface area contributed by atoms with Crippen LogP contribution < -0.4 is 10.7 Å². The van der Waals surface area contributed by atoms with E-state index in [0.29, 0.717) is 13.0 Å². The maximum absolute atomic E-state index is 13.2. The molecule has 0 spiro atoms. The normalized spacial score (nSPS) is 11.4. The van der Waals surface area contributed by atoms with Gasteiger partial charge in [-0.1, -0.05) is 12.1 Å². The second-order valence-corrected chi connectivity index (χ2v) is 5.53. The average Bonchev–Trinajstić information content (AvgIpc) is 2.58. The molecule has 1 amide bonds. The summed E-state index contributed by atoms with van der Waals surface area (Å²) in [6, 6.07) is 5.92. The Balaban J connectivity index is 2.44. The Labute approximate surface area is 147 Å². The topological polar surface area (TPSA) is 73.2 Å². The zero-order valence-corrected chi connectivity index (χ0v) is 14.3. The Morgan fingerprint density at radius 2 is 2.00 bits per heavy atom. The Morgan fingerprint density at radius 3 is 2.65 bits per heavy atom. The number of alkyl halides is 3. The number of rotatable bonds is 6. The number of nitrogens with zero attached hydrogens (tertiary/aromatic N) is 2. The SMILES string of the molecule is COCCCNC(=O)c1nn(-c2ccccc2C(F)(F)F)c(C)cc1=O. The van der Waals surface area contributed by atoms with E-state index in [9.17, 15) is 22.8 Å². The molecule has 0 unspecified atom stereocenters. The van der Waals surface area contributed by atoms with Crippen molar-refractivity contribution in [3.8, 4) is 5.69 Å². The highest BCUT2D eigenvalue weighted by Gasteiger charge is 2.34. The first-order valence-corrected chi connectivity index (χ1v) is 7.80. The monoisotopic (exact) mass is 369 g/mol. The Morgan fingerprint density at radius 1 is 1.31 bits per heavy atom. The van der Waals surface area contributed by atoms with Gasteiger partial charge in [0.25, 0.3) is 5.91 Å². The Bertz CT molecular complexity index is 847. The third-order valence-electron chi connectivity index (χ3n) is 3.57. The highest BCUT2D eigenvalue weighted by Crippen LogP contribution is 2.33. The molecule has 0 aliphatic carbocycles. The van der Waals surface area contributed by atoms with Crippen molar-refractivity contribution in [1.82, 2.24) is 15.1 Å². The minimum atomic E-state index is -4.60. The van der Waals surface area contributed by atoms with Crippen LogP contribution in [0.1, 0.15) is 28.2 Å². The third-order valence-corrected chi connectivity index (χ3v) is 3.57. The van der Waals surface area contributed by atoms with Crippen LogP contribution in [0.2, 0.25) is 0 Å². The van der Waals surface area contributed by atoms with Gasteiger partial charge in [-0.15, -0.1) is 0 Å². The number of methoxy groups -OCH3 is 1. The Kier molecular flexibility index (Phi) is 6.14. The van der Waals surface area contributed by atoms with Crippen LogP contribution in [0.5, 0.6) is 0 Å². The number of benzene rings is 1. The van der Waals surface area contributed by atoms with E-state index >= 15 is 0 Å². The summed E-state index contributed by atoms with van der Waals surface area (Å²) >= 11 is 0. The molecule has 0 aliphatic heterocycles. The van der Waals surface area contributed by atoms with Crippen LogP contribution >= 0.6 is 0 Å². The highest BCUT2D eigenvalue weighted by atomic mass is 19.4. The van der Waals surface area contributed by atoms with Crippen LogP contribution in [0.25, 0.3) is 5.69 Å². The molecule has 9 heteroatoms. The molecule has 0 aliphatic rings. The predicted octanol–water partition coefficient (Wildman–Crippen LogP) is 2.33. The van der Waals surface area contributed by atoms with Crippen molar-refractivity contribution >= 4 is 5.91 Å².